The Bertz CT molecular complexity index is 975. The van der Waals surface area contributed by atoms with Crippen LogP contribution in [0.4, 0.5) is 0 Å². The highest BCUT2D eigenvalue weighted by Crippen LogP contribution is 2.25. The summed E-state index contributed by atoms with van der Waals surface area (Å²) in [6.45, 7) is 9.10. The molecule has 1 N–H and O–H groups in total. The molecule has 6 unspecified atom stereocenters. The maximum absolute atomic E-state index is 12.7. The van der Waals surface area contributed by atoms with Crippen LogP contribution in [-0.4, -0.2) is 61.0 Å². The van der Waals surface area contributed by atoms with E-state index in [9.17, 15) is 9.90 Å². The number of nitrogens with zero attached hydrogens (tertiary/aromatic N) is 1. The third kappa shape index (κ3) is 10.6. The van der Waals surface area contributed by atoms with E-state index in [0.29, 0.717) is 31.8 Å². The average molecular weight is 526 g/mol. The van der Waals surface area contributed by atoms with Crippen molar-refractivity contribution in [1.29, 1.82) is 0 Å². The number of oxime groups is 1. The second-order valence-corrected chi connectivity index (χ2v) is 10.5. The fourth-order valence-electron chi connectivity index (χ4n) is 4.95. The molecule has 0 saturated heterocycles. The molecule has 7 nitrogen and oxygen atoms in total. The highest BCUT2D eigenvalue weighted by atomic mass is 16.6. The predicted octanol–water partition coefficient (Wildman–Crippen LogP) is 5.54. The third-order valence-corrected chi connectivity index (χ3v) is 6.80. The summed E-state index contributed by atoms with van der Waals surface area (Å²) < 4.78 is 17.6. The van der Waals surface area contributed by atoms with Crippen LogP contribution in [0.3, 0.4) is 0 Å². The van der Waals surface area contributed by atoms with Gasteiger partial charge in [-0.05, 0) is 51.0 Å². The Kier molecular flexibility index (Phi) is 12.3. The standard InChI is InChI=1S/C31H43NO6/c1-22-16-17-36-27(20-22)14-15-29(33)30-12-5-8-25(32-35-4)19-23(2)18-24(3)21-28-11-6-9-26(37-28)10-7-13-31(34)38-30/h5-9,13-16,24,26-30,33H,2,10-12,17-21H2,1,3-4H3/b8-5-,13-7-,15-14?,32-25?. The first-order chi connectivity index (χ1) is 18.3. The van der Waals surface area contributed by atoms with Gasteiger partial charge in [0, 0.05) is 18.9 Å². The number of esters is 1. The van der Waals surface area contributed by atoms with Gasteiger partial charge >= 0.3 is 5.97 Å². The smallest absolute Gasteiger partial charge is 0.330 e. The molecule has 3 aliphatic rings. The molecule has 2 bridgehead atoms. The zero-order chi connectivity index (χ0) is 27.3. The van der Waals surface area contributed by atoms with Crippen LogP contribution in [0.2, 0.25) is 0 Å². The highest BCUT2D eigenvalue weighted by Gasteiger charge is 2.23. The predicted molar refractivity (Wildman–Crippen MR) is 150 cm³/mol. The fourth-order valence-corrected chi connectivity index (χ4v) is 4.95. The number of fused-ring (bicyclic) bond motifs is 2. The molecule has 0 fully saturated rings. The van der Waals surface area contributed by atoms with Crippen molar-refractivity contribution < 1.29 is 28.9 Å². The van der Waals surface area contributed by atoms with Crippen molar-refractivity contribution in [2.45, 2.75) is 89.3 Å². The van der Waals surface area contributed by atoms with Crippen LogP contribution in [0.15, 0.2) is 77.6 Å². The molecule has 0 aromatic heterocycles. The minimum absolute atomic E-state index is 0.0761. The molecule has 0 aromatic carbocycles. The number of aliphatic hydroxyl groups is 1. The monoisotopic (exact) mass is 525 g/mol. The van der Waals surface area contributed by atoms with Gasteiger partial charge in [0.2, 0.25) is 0 Å². The quantitative estimate of drug-likeness (QED) is 0.295. The van der Waals surface area contributed by atoms with Gasteiger partial charge in [-0.25, -0.2) is 4.79 Å². The van der Waals surface area contributed by atoms with Crippen LogP contribution >= 0.6 is 0 Å². The first-order valence-corrected chi connectivity index (χ1v) is 13.6. The maximum Gasteiger partial charge on any atom is 0.330 e. The summed E-state index contributed by atoms with van der Waals surface area (Å²) in [5.74, 6) is -0.0932. The lowest BCUT2D eigenvalue weighted by Gasteiger charge is -2.28. The van der Waals surface area contributed by atoms with Crippen molar-refractivity contribution in [3.8, 4) is 0 Å². The van der Waals surface area contributed by atoms with Gasteiger partial charge in [-0.1, -0.05) is 72.3 Å². The Morgan fingerprint density at radius 2 is 2.00 bits per heavy atom. The second-order valence-electron chi connectivity index (χ2n) is 10.5. The summed E-state index contributed by atoms with van der Waals surface area (Å²) in [7, 11) is 1.51. The SMILES string of the molecule is C=C1CC(=NOC)/C=C\CC(C(O)C=CC2CC(C)=CCO2)OC(=O)/C=C\CC2C=CCC(CC(C)C1)O2. The first kappa shape index (κ1) is 29.8. The largest absolute Gasteiger partial charge is 0.456 e. The summed E-state index contributed by atoms with van der Waals surface area (Å²) in [5, 5.41) is 15.1. The molecule has 208 valence electrons. The van der Waals surface area contributed by atoms with E-state index in [1.807, 2.05) is 30.4 Å². The second kappa shape index (κ2) is 15.6. The summed E-state index contributed by atoms with van der Waals surface area (Å²) in [5.41, 5.74) is 3.03. The van der Waals surface area contributed by atoms with Gasteiger partial charge in [-0.3, -0.25) is 0 Å². The van der Waals surface area contributed by atoms with E-state index < -0.39 is 18.2 Å². The topological polar surface area (TPSA) is 86.6 Å². The van der Waals surface area contributed by atoms with Gasteiger partial charge in [0.25, 0.3) is 0 Å². The number of carbonyl (C=O) groups excluding carboxylic acids is 1. The Morgan fingerprint density at radius 1 is 1.18 bits per heavy atom. The Morgan fingerprint density at radius 3 is 2.79 bits per heavy atom. The number of ether oxygens (including phenoxy) is 3. The molecule has 3 heterocycles. The van der Waals surface area contributed by atoms with Crippen LogP contribution in [0.5, 0.6) is 0 Å². The molecule has 0 aromatic rings. The molecule has 0 saturated carbocycles. The number of rotatable bonds is 4. The van der Waals surface area contributed by atoms with Crippen molar-refractivity contribution in [3.05, 3.63) is 72.4 Å². The number of cyclic esters (lactones) is 1. The molecule has 0 spiro atoms. The third-order valence-electron chi connectivity index (χ3n) is 6.80. The van der Waals surface area contributed by atoms with E-state index >= 15 is 0 Å². The first-order valence-electron chi connectivity index (χ1n) is 13.6. The number of hydrogen-bond donors (Lipinski definition) is 1. The lowest BCUT2D eigenvalue weighted by Crippen LogP contribution is -2.30. The normalized spacial score (nSPS) is 33.6. The molecule has 3 aliphatic heterocycles. The Labute approximate surface area is 227 Å². The molecule has 6 atom stereocenters. The molecule has 3 rings (SSSR count). The van der Waals surface area contributed by atoms with Gasteiger partial charge in [-0.15, -0.1) is 0 Å². The van der Waals surface area contributed by atoms with E-state index in [2.05, 4.69) is 31.7 Å². The van der Waals surface area contributed by atoms with Gasteiger partial charge in [0.15, 0.2) is 0 Å². The van der Waals surface area contributed by atoms with E-state index in [1.54, 1.807) is 12.2 Å². The minimum atomic E-state index is -0.999. The van der Waals surface area contributed by atoms with Crippen molar-refractivity contribution in [1.82, 2.24) is 0 Å². The number of aliphatic hydroxyl groups excluding tert-OH is 1. The zero-order valence-electron chi connectivity index (χ0n) is 23.0. The molecule has 7 heteroatoms. The summed E-state index contributed by atoms with van der Waals surface area (Å²) in [4.78, 5) is 17.7. The molecule has 0 radical (unpaired) electrons. The average Bonchev–Trinajstić information content (AvgIpc) is 2.86. The van der Waals surface area contributed by atoms with E-state index in [0.717, 1.165) is 37.0 Å². The number of hydrogen-bond acceptors (Lipinski definition) is 7. The summed E-state index contributed by atoms with van der Waals surface area (Å²) >= 11 is 0. The van der Waals surface area contributed by atoms with Crippen LogP contribution in [0, 0.1) is 5.92 Å². The highest BCUT2D eigenvalue weighted by molar-refractivity contribution is 5.96. The Hall–Kier alpha value is -2.74. The summed E-state index contributed by atoms with van der Waals surface area (Å²) in [6.07, 6.45) is 19.7. The lowest BCUT2D eigenvalue weighted by atomic mass is 9.91. The number of carbonyl (C=O) groups is 1. The molecular formula is C31H43NO6. The van der Waals surface area contributed by atoms with Gasteiger partial charge in [-0.2, -0.15) is 0 Å². The molecule has 0 aliphatic carbocycles. The van der Waals surface area contributed by atoms with Crippen molar-refractivity contribution >= 4 is 11.7 Å². The minimum Gasteiger partial charge on any atom is -0.456 e. The molecule has 0 amide bonds. The van der Waals surface area contributed by atoms with E-state index in [-0.39, 0.29) is 18.3 Å². The fraction of sp³-hybridized carbons (Fsp3) is 0.548. The van der Waals surface area contributed by atoms with Crippen LogP contribution < -0.4 is 0 Å². The van der Waals surface area contributed by atoms with Crippen LogP contribution in [0.25, 0.3) is 0 Å². The summed E-state index contributed by atoms with van der Waals surface area (Å²) in [6, 6.07) is 0. The maximum atomic E-state index is 12.7. The van der Waals surface area contributed by atoms with E-state index in [4.69, 9.17) is 19.0 Å². The van der Waals surface area contributed by atoms with E-state index in [1.165, 1.54) is 18.8 Å². The van der Waals surface area contributed by atoms with Crippen LogP contribution in [-0.2, 0) is 23.8 Å². The van der Waals surface area contributed by atoms with Crippen molar-refractivity contribution in [2.24, 2.45) is 11.1 Å². The van der Waals surface area contributed by atoms with Gasteiger partial charge < -0.3 is 24.2 Å². The molecular weight excluding hydrogens is 482 g/mol. The number of allylic oxidation sites excluding steroid dienone is 2. The Balaban J connectivity index is 1.76. The van der Waals surface area contributed by atoms with Crippen molar-refractivity contribution in [2.75, 3.05) is 13.7 Å². The van der Waals surface area contributed by atoms with Crippen LogP contribution in [0.1, 0.15) is 58.8 Å². The lowest BCUT2D eigenvalue weighted by molar-refractivity contribution is -0.147. The van der Waals surface area contributed by atoms with Gasteiger partial charge in [0.05, 0.1) is 30.6 Å². The van der Waals surface area contributed by atoms with Crippen molar-refractivity contribution in [3.63, 3.8) is 0 Å². The van der Waals surface area contributed by atoms with Gasteiger partial charge in [0.1, 0.15) is 19.3 Å². The molecule has 38 heavy (non-hydrogen) atoms. The zero-order valence-corrected chi connectivity index (χ0v) is 23.0.